The van der Waals surface area contributed by atoms with E-state index in [1.807, 2.05) is 31.2 Å². The number of carbonyl (C=O) groups excluding carboxylic acids is 2. The molecule has 0 aliphatic carbocycles. The van der Waals surface area contributed by atoms with E-state index in [1.54, 1.807) is 13.0 Å². The van der Waals surface area contributed by atoms with Crippen LogP contribution >= 0.6 is 0 Å². The lowest BCUT2D eigenvalue weighted by Crippen LogP contribution is -2.11. The molecule has 1 aromatic carbocycles. The van der Waals surface area contributed by atoms with Crippen molar-refractivity contribution in [3.63, 3.8) is 0 Å². The first-order chi connectivity index (χ1) is 12.1. The van der Waals surface area contributed by atoms with Crippen LogP contribution in [-0.2, 0) is 9.53 Å². The van der Waals surface area contributed by atoms with Gasteiger partial charge in [0, 0.05) is 12.3 Å². The third kappa shape index (κ3) is 5.76. The fraction of sp³-hybridized carbons (Fsp3) is 0.211. The van der Waals surface area contributed by atoms with Crippen molar-refractivity contribution in [3.05, 3.63) is 59.8 Å². The minimum absolute atomic E-state index is 0.284. The van der Waals surface area contributed by atoms with E-state index in [0.29, 0.717) is 12.2 Å². The summed E-state index contributed by atoms with van der Waals surface area (Å²) in [5.41, 5.74) is 1.20. The van der Waals surface area contributed by atoms with Crippen LogP contribution in [0.25, 0.3) is 6.08 Å². The molecule has 1 heterocycles. The van der Waals surface area contributed by atoms with Crippen molar-refractivity contribution < 1.29 is 19.1 Å². The van der Waals surface area contributed by atoms with Crippen molar-refractivity contribution >= 4 is 23.8 Å². The van der Waals surface area contributed by atoms with Gasteiger partial charge in [-0.25, -0.2) is 9.78 Å². The van der Waals surface area contributed by atoms with Crippen LogP contribution in [0.4, 0.5) is 5.82 Å². The van der Waals surface area contributed by atoms with Gasteiger partial charge in [-0.1, -0.05) is 12.1 Å². The molecule has 6 heteroatoms. The first-order valence-corrected chi connectivity index (χ1v) is 7.97. The lowest BCUT2D eigenvalue weighted by molar-refractivity contribution is -0.111. The van der Waals surface area contributed by atoms with Gasteiger partial charge in [0.2, 0.25) is 5.91 Å². The number of pyridine rings is 1. The fourth-order valence-electron chi connectivity index (χ4n) is 2.02. The van der Waals surface area contributed by atoms with Crippen molar-refractivity contribution in [2.24, 2.45) is 0 Å². The van der Waals surface area contributed by atoms with Gasteiger partial charge in [-0.2, -0.15) is 0 Å². The molecule has 0 unspecified atom stereocenters. The van der Waals surface area contributed by atoms with Gasteiger partial charge in [-0.15, -0.1) is 0 Å². The maximum atomic E-state index is 12.0. The molecule has 0 fully saturated rings. The summed E-state index contributed by atoms with van der Waals surface area (Å²) in [4.78, 5) is 27.7. The van der Waals surface area contributed by atoms with E-state index >= 15 is 0 Å². The average molecular weight is 340 g/mol. The predicted octanol–water partition coefficient (Wildman–Crippen LogP) is 3.31. The molecule has 0 radical (unpaired) electrons. The molecule has 0 aliphatic heterocycles. The van der Waals surface area contributed by atoms with E-state index in [9.17, 15) is 9.59 Å². The number of nitrogens with one attached hydrogen (secondary N) is 1. The molecule has 2 aromatic rings. The summed E-state index contributed by atoms with van der Waals surface area (Å²) in [6, 6.07) is 10.4. The fourth-order valence-corrected chi connectivity index (χ4v) is 2.02. The number of esters is 1. The van der Waals surface area contributed by atoms with Gasteiger partial charge < -0.3 is 14.8 Å². The Kier molecular flexibility index (Phi) is 6.71. The molecule has 1 amide bonds. The summed E-state index contributed by atoms with van der Waals surface area (Å²) in [6.07, 6.45) is 4.52. The predicted molar refractivity (Wildman–Crippen MR) is 95.5 cm³/mol. The second-order valence-corrected chi connectivity index (χ2v) is 4.97. The lowest BCUT2D eigenvalue weighted by Gasteiger charge is -2.05. The smallest absolute Gasteiger partial charge is 0.338 e. The summed E-state index contributed by atoms with van der Waals surface area (Å²) in [5.74, 6) is 0.267. The zero-order valence-corrected chi connectivity index (χ0v) is 14.2. The largest absolute Gasteiger partial charge is 0.494 e. The van der Waals surface area contributed by atoms with Gasteiger partial charge in [-0.3, -0.25) is 4.79 Å². The molecule has 25 heavy (non-hydrogen) atoms. The van der Waals surface area contributed by atoms with Crippen molar-refractivity contribution in [2.45, 2.75) is 13.8 Å². The number of aromatic nitrogens is 1. The highest BCUT2D eigenvalue weighted by Gasteiger charge is 2.08. The van der Waals surface area contributed by atoms with Crippen LogP contribution in [-0.4, -0.2) is 30.1 Å². The Morgan fingerprint density at radius 3 is 2.56 bits per heavy atom. The van der Waals surface area contributed by atoms with Gasteiger partial charge in [0.25, 0.3) is 0 Å². The van der Waals surface area contributed by atoms with E-state index in [4.69, 9.17) is 9.47 Å². The molecule has 0 saturated carbocycles. The molecule has 0 bridgehead atoms. The average Bonchev–Trinajstić information content (AvgIpc) is 2.62. The summed E-state index contributed by atoms with van der Waals surface area (Å²) in [6.45, 7) is 4.54. The molecule has 0 atom stereocenters. The summed E-state index contributed by atoms with van der Waals surface area (Å²) in [7, 11) is 0. The third-order valence-corrected chi connectivity index (χ3v) is 3.14. The Labute approximate surface area is 146 Å². The summed E-state index contributed by atoms with van der Waals surface area (Å²) in [5, 5.41) is 2.61. The van der Waals surface area contributed by atoms with Gasteiger partial charge in [0.15, 0.2) is 0 Å². The molecule has 0 spiro atoms. The molecule has 6 nitrogen and oxygen atoms in total. The normalized spacial score (nSPS) is 10.5. The Bertz CT molecular complexity index is 754. The van der Waals surface area contributed by atoms with E-state index in [1.165, 1.54) is 24.4 Å². The number of amides is 1. The van der Waals surface area contributed by atoms with E-state index in [-0.39, 0.29) is 18.3 Å². The topological polar surface area (TPSA) is 77.5 Å². The van der Waals surface area contributed by atoms with Crippen LogP contribution in [0.3, 0.4) is 0 Å². The van der Waals surface area contributed by atoms with Gasteiger partial charge in [0.05, 0.1) is 18.8 Å². The maximum absolute atomic E-state index is 12.0. The zero-order valence-electron chi connectivity index (χ0n) is 14.2. The van der Waals surface area contributed by atoms with E-state index < -0.39 is 5.97 Å². The number of hydrogen-bond donors (Lipinski definition) is 1. The lowest BCUT2D eigenvalue weighted by atomic mass is 10.2. The number of nitrogens with zero attached hydrogens (tertiary/aromatic N) is 1. The van der Waals surface area contributed by atoms with Crippen LogP contribution in [0.5, 0.6) is 5.75 Å². The van der Waals surface area contributed by atoms with Crippen LogP contribution in [0.2, 0.25) is 0 Å². The number of ether oxygens (including phenoxy) is 2. The van der Waals surface area contributed by atoms with Gasteiger partial charge >= 0.3 is 5.97 Å². The first kappa shape index (κ1) is 18.2. The molecule has 2 rings (SSSR count). The third-order valence-electron chi connectivity index (χ3n) is 3.14. The van der Waals surface area contributed by atoms with Crippen LogP contribution in [0.1, 0.15) is 29.8 Å². The second-order valence-electron chi connectivity index (χ2n) is 4.97. The SMILES string of the molecule is CCOC(=O)c1ccnc(NC(=O)/C=C/c2ccc(OCC)cc2)c1. The molecule has 0 saturated heterocycles. The summed E-state index contributed by atoms with van der Waals surface area (Å²) < 4.78 is 10.3. The molecular formula is C19H20N2O4. The Morgan fingerprint density at radius 1 is 1.12 bits per heavy atom. The number of rotatable bonds is 7. The van der Waals surface area contributed by atoms with E-state index in [2.05, 4.69) is 10.3 Å². The Balaban J connectivity index is 1.97. The van der Waals surface area contributed by atoms with Crippen molar-refractivity contribution in [3.8, 4) is 5.75 Å². The highest BCUT2D eigenvalue weighted by Crippen LogP contribution is 2.13. The highest BCUT2D eigenvalue weighted by atomic mass is 16.5. The first-order valence-electron chi connectivity index (χ1n) is 7.97. The van der Waals surface area contributed by atoms with Crippen molar-refractivity contribution in [1.29, 1.82) is 0 Å². The van der Waals surface area contributed by atoms with Crippen LogP contribution in [0, 0.1) is 0 Å². The molecular weight excluding hydrogens is 320 g/mol. The summed E-state index contributed by atoms with van der Waals surface area (Å²) >= 11 is 0. The molecule has 1 aromatic heterocycles. The standard InChI is InChI=1S/C19H20N2O4/c1-3-24-16-8-5-14(6-9-16)7-10-18(22)21-17-13-15(11-12-20-17)19(23)25-4-2/h5-13H,3-4H2,1-2H3,(H,20,21,22)/b10-7+. The quantitative estimate of drug-likeness (QED) is 0.618. The van der Waals surface area contributed by atoms with E-state index in [0.717, 1.165) is 11.3 Å². The Morgan fingerprint density at radius 2 is 1.88 bits per heavy atom. The maximum Gasteiger partial charge on any atom is 0.338 e. The molecule has 0 aliphatic rings. The number of carbonyl (C=O) groups is 2. The van der Waals surface area contributed by atoms with Crippen molar-refractivity contribution in [1.82, 2.24) is 4.98 Å². The molecule has 1 N–H and O–H groups in total. The van der Waals surface area contributed by atoms with Gasteiger partial charge in [0.1, 0.15) is 11.6 Å². The molecule has 130 valence electrons. The monoisotopic (exact) mass is 340 g/mol. The highest BCUT2D eigenvalue weighted by molar-refractivity contribution is 6.02. The minimum Gasteiger partial charge on any atom is -0.494 e. The zero-order chi connectivity index (χ0) is 18.1. The van der Waals surface area contributed by atoms with Crippen LogP contribution in [0.15, 0.2) is 48.7 Å². The second kappa shape index (κ2) is 9.22. The number of hydrogen-bond acceptors (Lipinski definition) is 5. The number of anilines is 1. The van der Waals surface area contributed by atoms with Gasteiger partial charge in [-0.05, 0) is 49.8 Å². The van der Waals surface area contributed by atoms with Crippen LogP contribution < -0.4 is 10.1 Å². The number of benzene rings is 1. The Hall–Kier alpha value is -3.15. The van der Waals surface area contributed by atoms with Crippen molar-refractivity contribution in [2.75, 3.05) is 18.5 Å². The minimum atomic E-state index is -0.453.